The molecule has 0 bridgehead atoms. The third-order valence-electron chi connectivity index (χ3n) is 4.16. The minimum atomic E-state index is -1.34. The second-order valence-electron chi connectivity index (χ2n) is 5.88. The Balaban J connectivity index is 2.15. The van der Waals surface area contributed by atoms with E-state index in [0.29, 0.717) is 6.42 Å². The number of rotatable bonds is 4. The summed E-state index contributed by atoms with van der Waals surface area (Å²) in [5, 5.41) is 9.12. The average Bonchev–Trinajstić information content (AvgIpc) is 3.19. The van der Waals surface area contributed by atoms with Crippen molar-refractivity contribution in [2.45, 2.75) is 31.7 Å². The van der Waals surface area contributed by atoms with Gasteiger partial charge in [-0.05, 0) is 49.9 Å². The first-order valence-corrected chi connectivity index (χ1v) is 6.62. The van der Waals surface area contributed by atoms with Crippen molar-refractivity contribution in [3.8, 4) is 0 Å². The normalized spacial score (nSPS) is 21.0. The lowest BCUT2D eigenvalue weighted by Crippen LogP contribution is -2.51. The van der Waals surface area contributed by atoms with Gasteiger partial charge in [0.15, 0.2) is 0 Å². The van der Waals surface area contributed by atoms with Crippen LogP contribution in [0, 0.1) is 17.6 Å². The molecule has 1 aliphatic rings. The molecule has 1 fully saturated rings. The van der Waals surface area contributed by atoms with E-state index in [1.54, 1.807) is 0 Å². The lowest BCUT2D eigenvalue weighted by atomic mass is 10.0. The minimum Gasteiger partial charge on any atom is -0.480 e. The Hall–Kier alpha value is -1.98. The summed E-state index contributed by atoms with van der Waals surface area (Å²) in [6.45, 7) is 2.85. The van der Waals surface area contributed by atoms with Gasteiger partial charge in [-0.3, -0.25) is 4.79 Å². The van der Waals surface area contributed by atoms with Crippen LogP contribution in [0.1, 0.15) is 31.7 Å². The Morgan fingerprint density at radius 1 is 1.33 bits per heavy atom. The first kappa shape index (κ1) is 15.4. The van der Waals surface area contributed by atoms with Gasteiger partial charge in [-0.15, -0.1) is 0 Å². The molecule has 2 rings (SSSR count). The van der Waals surface area contributed by atoms with Gasteiger partial charge in [0.05, 0.1) is 0 Å². The predicted molar refractivity (Wildman–Crippen MR) is 71.7 cm³/mol. The van der Waals surface area contributed by atoms with E-state index >= 15 is 0 Å². The lowest BCUT2D eigenvalue weighted by Gasteiger charge is -2.31. The fourth-order valence-electron chi connectivity index (χ4n) is 2.28. The molecule has 21 heavy (non-hydrogen) atoms. The van der Waals surface area contributed by atoms with Gasteiger partial charge in [0.1, 0.15) is 17.2 Å². The Bertz CT molecular complexity index is 601. The van der Waals surface area contributed by atoms with E-state index < -0.39 is 29.1 Å². The summed E-state index contributed by atoms with van der Waals surface area (Å²) in [5.41, 5.74) is -1.17. The maximum Gasteiger partial charge on any atom is 0.329 e. The van der Waals surface area contributed by atoms with E-state index in [0.717, 1.165) is 23.1 Å². The van der Waals surface area contributed by atoms with E-state index in [9.17, 15) is 18.4 Å². The molecule has 2 unspecified atom stereocenters. The number of amides is 1. The second kappa shape index (κ2) is 5.09. The summed E-state index contributed by atoms with van der Waals surface area (Å²) in [4.78, 5) is 24.6. The summed E-state index contributed by atoms with van der Waals surface area (Å²) in [6, 6.07) is 3.16. The van der Waals surface area contributed by atoms with Gasteiger partial charge in [-0.1, -0.05) is 0 Å². The summed E-state index contributed by atoms with van der Waals surface area (Å²) < 4.78 is 26.9. The molecular weight excluding hydrogens is 280 g/mol. The number of benzene rings is 1. The number of carboxylic acids is 1. The van der Waals surface area contributed by atoms with Gasteiger partial charge in [-0.2, -0.15) is 0 Å². The van der Waals surface area contributed by atoms with Gasteiger partial charge in [0, 0.05) is 13.0 Å². The van der Waals surface area contributed by atoms with Crippen molar-refractivity contribution >= 4 is 11.9 Å². The van der Waals surface area contributed by atoms with Crippen molar-refractivity contribution in [2.24, 2.45) is 5.92 Å². The van der Waals surface area contributed by atoms with Gasteiger partial charge < -0.3 is 10.0 Å². The number of carboxylic acid groups (broad SMARTS) is 1. The Kier molecular flexibility index (Phi) is 3.74. The predicted octanol–water partition coefficient (Wildman–Crippen LogP) is 2.39. The van der Waals surface area contributed by atoms with E-state index in [1.807, 2.05) is 0 Å². The van der Waals surface area contributed by atoms with Crippen LogP contribution in [-0.4, -0.2) is 34.5 Å². The number of hydrogen-bond donors (Lipinski definition) is 1. The van der Waals surface area contributed by atoms with Gasteiger partial charge in [0.25, 0.3) is 0 Å². The highest BCUT2D eigenvalue weighted by molar-refractivity contribution is 5.89. The number of hydrogen-bond acceptors (Lipinski definition) is 2. The molecule has 4 nitrogen and oxygen atoms in total. The van der Waals surface area contributed by atoms with Crippen molar-refractivity contribution in [3.63, 3.8) is 0 Å². The summed E-state index contributed by atoms with van der Waals surface area (Å²) >= 11 is 0. The molecule has 0 aromatic heterocycles. The zero-order valence-corrected chi connectivity index (χ0v) is 12.1. The van der Waals surface area contributed by atoms with Crippen molar-refractivity contribution in [3.05, 3.63) is 35.4 Å². The van der Waals surface area contributed by atoms with Crippen LogP contribution >= 0.6 is 0 Å². The third-order valence-corrected chi connectivity index (χ3v) is 4.16. The largest absolute Gasteiger partial charge is 0.480 e. The van der Waals surface area contributed by atoms with Crippen LogP contribution in [-0.2, 0) is 9.59 Å². The highest BCUT2D eigenvalue weighted by atomic mass is 19.1. The number of likely N-dealkylation sites (N-methyl/N-ethyl adjacent to an activating group) is 1. The number of carbonyl (C=O) groups is 2. The van der Waals surface area contributed by atoms with Crippen LogP contribution in [0.3, 0.4) is 0 Å². The van der Waals surface area contributed by atoms with E-state index in [-0.39, 0.29) is 17.4 Å². The molecular formula is C15H17F2NO3. The Morgan fingerprint density at radius 2 is 1.95 bits per heavy atom. The number of aliphatic carboxylic acids is 1. The zero-order chi connectivity index (χ0) is 15.9. The van der Waals surface area contributed by atoms with Gasteiger partial charge in [-0.25, -0.2) is 13.6 Å². The number of carbonyl (C=O) groups excluding carboxylic acids is 1. The molecule has 0 saturated heterocycles. The fourth-order valence-corrected chi connectivity index (χ4v) is 2.28. The summed E-state index contributed by atoms with van der Waals surface area (Å²) in [5.74, 6) is -3.46. The van der Waals surface area contributed by atoms with Crippen molar-refractivity contribution in [1.29, 1.82) is 0 Å². The smallest absolute Gasteiger partial charge is 0.329 e. The molecule has 0 aliphatic heterocycles. The van der Waals surface area contributed by atoms with E-state index in [1.165, 1.54) is 20.9 Å². The molecule has 0 spiro atoms. The number of halogens is 2. The van der Waals surface area contributed by atoms with Crippen LogP contribution in [0.15, 0.2) is 18.2 Å². The van der Waals surface area contributed by atoms with Crippen molar-refractivity contribution < 1.29 is 23.5 Å². The van der Waals surface area contributed by atoms with Gasteiger partial charge >= 0.3 is 5.97 Å². The maximum atomic E-state index is 13.7. The third kappa shape index (κ3) is 2.75. The average molecular weight is 297 g/mol. The molecule has 0 radical (unpaired) electrons. The molecule has 6 heteroatoms. The molecule has 1 N–H and O–H groups in total. The first-order valence-electron chi connectivity index (χ1n) is 6.62. The lowest BCUT2D eigenvalue weighted by molar-refractivity contribution is -0.155. The van der Waals surface area contributed by atoms with Gasteiger partial charge in [0.2, 0.25) is 5.91 Å². The Morgan fingerprint density at radius 3 is 2.52 bits per heavy atom. The van der Waals surface area contributed by atoms with Crippen molar-refractivity contribution in [1.82, 2.24) is 4.90 Å². The maximum absolute atomic E-state index is 13.7. The monoisotopic (exact) mass is 297 g/mol. The molecule has 1 aromatic rings. The topological polar surface area (TPSA) is 57.6 Å². The van der Waals surface area contributed by atoms with E-state index in [2.05, 4.69) is 0 Å². The van der Waals surface area contributed by atoms with Crippen LogP contribution in [0.4, 0.5) is 8.78 Å². The standard InChI is InChI=1S/C15H17F2NO3/c1-15(2,14(20)21)18(3)13(19)11-7-9(11)10-6-8(16)4-5-12(10)17/h4-6,9,11H,7H2,1-3H3,(H,20,21). The molecule has 1 amide bonds. The van der Waals surface area contributed by atoms with Crippen LogP contribution in [0.2, 0.25) is 0 Å². The highest BCUT2D eigenvalue weighted by Crippen LogP contribution is 2.49. The van der Waals surface area contributed by atoms with Crippen LogP contribution in [0.25, 0.3) is 0 Å². The molecule has 1 aromatic carbocycles. The molecule has 0 heterocycles. The summed E-state index contributed by atoms with van der Waals surface area (Å²) in [7, 11) is 1.41. The zero-order valence-electron chi connectivity index (χ0n) is 12.1. The SMILES string of the molecule is CN(C(=O)C1CC1c1cc(F)ccc1F)C(C)(C)C(=O)O. The highest BCUT2D eigenvalue weighted by Gasteiger charge is 2.49. The Labute approximate surface area is 121 Å². The van der Waals surface area contributed by atoms with Crippen LogP contribution < -0.4 is 0 Å². The quantitative estimate of drug-likeness (QED) is 0.928. The second-order valence-corrected chi connectivity index (χ2v) is 5.88. The molecule has 1 saturated carbocycles. The first-order chi connectivity index (χ1) is 9.66. The molecule has 114 valence electrons. The molecule has 1 aliphatic carbocycles. The fraction of sp³-hybridized carbons (Fsp3) is 0.467. The van der Waals surface area contributed by atoms with Crippen molar-refractivity contribution in [2.75, 3.05) is 7.05 Å². The summed E-state index contributed by atoms with van der Waals surface area (Å²) in [6.07, 6.45) is 0.402. The minimum absolute atomic E-state index is 0.176. The van der Waals surface area contributed by atoms with E-state index in [4.69, 9.17) is 5.11 Å². The van der Waals surface area contributed by atoms with Crippen LogP contribution in [0.5, 0.6) is 0 Å². The number of nitrogens with zero attached hydrogens (tertiary/aromatic N) is 1. The molecule has 2 atom stereocenters.